The number of nitrogens with zero attached hydrogens (tertiary/aromatic N) is 5. The van der Waals surface area contributed by atoms with E-state index < -0.39 is 0 Å². The highest BCUT2D eigenvalue weighted by Gasteiger charge is 2.20. The van der Waals surface area contributed by atoms with Gasteiger partial charge in [-0.1, -0.05) is 49.0 Å². The summed E-state index contributed by atoms with van der Waals surface area (Å²) in [4.78, 5) is 16.0. The second-order valence-electron chi connectivity index (χ2n) is 9.20. The van der Waals surface area contributed by atoms with Crippen molar-refractivity contribution in [1.82, 2.24) is 25.1 Å². The van der Waals surface area contributed by atoms with Gasteiger partial charge in [0.25, 0.3) is 0 Å². The third kappa shape index (κ3) is 4.99. The third-order valence-corrected chi connectivity index (χ3v) is 6.79. The first kappa shape index (κ1) is 22.2. The van der Waals surface area contributed by atoms with Crippen molar-refractivity contribution in [2.24, 2.45) is 0 Å². The summed E-state index contributed by atoms with van der Waals surface area (Å²) >= 11 is 0. The predicted molar refractivity (Wildman–Crippen MR) is 138 cm³/mol. The van der Waals surface area contributed by atoms with Gasteiger partial charge in [-0.3, -0.25) is 0 Å². The SMILES string of the molecule is C=C(NCc1ccccc1)N1CCc2ccc(-c3cc(N4CCN(C)CC4)nc(N)n3)cc2C1. The van der Waals surface area contributed by atoms with E-state index in [-0.39, 0.29) is 0 Å². The van der Waals surface area contributed by atoms with Gasteiger partial charge in [0.15, 0.2) is 0 Å². The lowest BCUT2D eigenvalue weighted by Gasteiger charge is -2.33. The Bertz CT molecular complexity index is 1150. The molecule has 0 spiro atoms. The molecule has 7 heteroatoms. The number of nitrogens with one attached hydrogen (secondary N) is 1. The molecule has 3 aromatic rings. The number of benzene rings is 2. The smallest absolute Gasteiger partial charge is 0.222 e. The highest BCUT2D eigenvalue weighted by atomic mass is 15.3. The van der Waals surface area contributed by atoms with Gasteiger partial charge in [0.2, 0.25) is 5.95 Å². The molecule has 0 unspecified atom stereocenters. The van der Waals surface area contributed by atoms with Crippen LogP contribution in [0, 0.1) is 0 Å². The summed E-state index contributed by atoms with van der Waals surface area (Å²) in [5, 5.41) is 3.49. The van der Waals surface area contributed by atoms with Crippen molar-refractivity contribution in [2.45, 2.75) is 19.5 Å². The first-order valence-corrected chi connectivity index (χ1v) is 12.0. The lowest BCUT2D eigenvalue weighted by atomic mass is 9.96. The van der Waals surface area contributed by atoms with Crippen molar-refractivity contribution in [2.75, 3.05) is 50.4 Å². The van der Waals surface area contributed by atoms with Crippen molar-refractivity contribution < 1.29 is 0 Å². The number of nitrogen functional groups attached to an aromatic ring is 1. The topological polar surface area (TPSA) is 73.5 Å². The Labute approximate surface area is 201 Å². The number of likely N-dealkylation sites (N-methyl/N-ethyl adjacent to an activating group) is 1. The summed E-state index contributed by atoms with van der Waals surface area (Å²) < 4.78 is 0. The van der Waals surface area contributed by atoms with Gasteiger partial charge in [0, 0.05) is 57.4 Å². The number of hydrogen-bond donors (Lipinski definition) is 2. The van der Waals surface area contributed by atoms with Crippen LogP contribution in [0.15, 0.2) is 67.0 Å². The monoisotopic (exact) mass is 455 g/mol. The molecule has 2 aromatic carbocycles. The van der Waals surface area contributed by atoms with Gasteiger partial charge in [0.05, 0.1) is 11.5 Å². The largest absolute Gasteiger partial charge is 0.368 e. The van der Waals surface area contributed by atoms with Gasteiger partial charge in [-0.15, -0.1) is 0 Å². The molecule has 2 aliphatic rings. The molecule has 176 valence electrons. The van der Waals surface area contributed by atoms with Crippen molar-refractivity contribution in [1.29, 1.82) is 0 Å². The van der Waals surface area contributed by atoms with E-state index in [0.717, 1.165) is 75.1 Å². The fourth-order valence-corrected chi connectivity index (χ4v) is 4.66. The van der Waals surface area contributed by atoms with Gasteiger partial charge in [-0.25, -0.2) is 4.98 Å². The predicted octanol–water partition coefficient (Wildman–Crippen LogP) is 3.10. The van der Waals surface area contributed by atoms with E-state index in [1.807, 2.05) is 6.07 Å². The molecule has 7 nitrogen and oxygen atoms in total. The molecule has 0 aliphatic carbocycles. The van der Waals surface area contributed by atoms with Crippen LogP contribution in [0.1, 0.15) is 16.7 Å². The summed E-state index contributed by atoms with van der Waals surface area (Å²) in [5.41, 5.74) is 12.0. The molecular formula is C27H33N7. The normalized spacial score (nSPS) is 16.3. The first-order chi connectivity index (χ1) is 16.5. The molecule has 1 saturated heterocycles. The highest BCUT2D eigenvalue weighted by molar-refractivity contribution is 5.66. The zero-order valence-electron chi connectivity index (χ0n) is 19.9. The van der Waals surface area contributed by atoms with Crippen molar-refractivity contribution in [3.63, 3.8) is 0 Å². The van der Waals surface area contributed by atoms with E-state index in [1.165, 1.54) is 16.7 Å². The molecule has 0 saturated carbocycles. The molecule has 3 heterocycles. The Kier molecular flexibility index (Phi) is 6.36. The Morgan fingerprint density at radius 2 is 1.76 bits per heavy atom. The fourth-order valence-electron chi connectivity index (χ4n) is 4.66. The second kappa shape index (κ2) is 9.73. The maximum atomic E-state index is 6.12. The van der Waals surface area contributed by atoms with Gasteiger partial charge >= 0.3 is 0 Å². The molecule has 1 aromatic heterocycles. The number of hydrogen-bond acceptors (Lipinski definition) is 7. The lowest BCUT2D eigenvalue weighted by Crippen LogP contribution is -2.44. The quantitative estimate of drug-likeness (QED) is 0.592. The minimum absolute atomic E-state index is 0.323. The van der Waals surface area contributed by atoms with E-state index in [4.69, 9.17) is 5.73 Å². The van der Waals surface area contributed by atoms with E-state index in [9.17, 15) is 0 Å². The summed E-state index contributed by atoms with van der Waals surface area (Å²) in [6, 6.07) is 19.1. The zero-order valence-corrected chi connectivity index (χ0v) is 19.9. The number of fused-ring (bicyclic) bond motifs is 1. The standard InChI is InChI=1S/C27H33N7/c1-20(29-18-21-6-4-3-5-7-21)34-11-10-22-8-9-23(16-24(22)19-34)25-17-26(31-27(28)30-25)33-14-12-32(2)13-15-33/h3-9,16-17,29H,1,10-15,18-19H2,2H3,(H2,28,30,31). The molecule has 3 N–H and O–H groups in total. The summed E-state index contributed by atoms with van der Waals surface area (Å²) in [6.45, 7) is 10.8. The molecule has 1 fully saturated rings. The molecule has 34 heavy (non-hydrogen) atoms. The number of nitrogens with two attached hydrogens (primary N) is 1. The average Bonchev–Trinajstić information content (AvgIpc) is 2.87. The molecule has 0 atom stereocenters. The van der Waals surface area contributed by atoms with Gasteiger partial charge in [-0.05, 0) is 36.2 Å². The number of piperazine rings is 1. The van der Waals surface area contributed by atoms with Crippen LogP contribution in [0.5, 0.6) is 0 Å². The summed E-state index contributed by atoms with van der Waals surface area (Å²) in [7, 11) is 2.15. The molecule has 5 rings (SSSR count). The zero-order chi connectivity index (χ0) is 23.5. The fraction of sp³-hybridized carbons (Fsp3) is 0.333. The molecule has 2 aliphatic heterocycles. The van der Waals surface area contributed by atoms with Crippen LogP contribution in [-0.2, 0) is 19.5 Å². The molecule has 0 bridgehead atoms. The molecule has 0 radical (unpaired) electrons. The Balaban J connectivity index is 1.31. The second-order valence-corrected chi connectivity index (χ2v) is 9.20. The van der Waals surface area contributed by atoms with Crippen molar-refractivity contribution >= 4 is 11.8 Å². The van der Waals surface area contributed by atoms with Crippen LogP contribution in [0.25, 0.3) is 11.3 Å². The van der Waals surface area contributed by atoms with Crippen LogP contribution < -0.4 is 16.0 Å². The van der Waals surface area contributed by atoms with E-state index in [0.29, 0.717) is 5.95 Å². The van der Waals surface area contributed by atoms with Crippen LogP contribution in [0.4, 0.5) is 11.8 Å². The molecule has 0 amide bonds. The van der Waals surface area contributed by atoms with Gasteiger partial charge in [-0.2, -0.15) is 4.98 Å². The van der Waals surface area contributed by atoms with Crippen molar-refractivity contribution in [3.05, 3.63) is 83.7 Å². The minimum atomic E-state index is 0.323. The van der Waals surface area contributed by atoms with Crippen molar-refractivity contribution in [3.8, 4) is 11.3 Å². The van der Waals surface area contributed by atoms with Gasteiger partial charge in [0.1, 0.15) is 5.82 Å². The van der Waals surface area contributed by atoms with E-state index >= 15 is 0 Å². The van der Waals surface area contributed by atoms with Crippen LogP contribution in [0.3, 0.4) is 0 Å². The number of rotatable bonds is 6. The summed E-state index contributed by atoms with van der Waals surface area (Å²) in [6.07, 6.45) is 1.00. The van der Waals surface area contributed by atoms with E-state index in [2.05, 4.69) is 92.1 Å². The average molecular weight is 456 g/mol. The number of aromatic nitrogens is 2. The van der Waals surface area contributed by atoms with Crippen LogP contribution >= 0.6 is 0 Å². The Morgan fingerprint density at radius 3 is 2.56 bits per heavy atom. The minimum Gasteiger partial charge on any atom is -0.368 e. The molecular weight excluding hydrogens is 422 g/mol. The highest BCUT2D eigenvalue weighted by Crippen LogP contribution is 2.28. The number of anilines is 2. The maximum Gasteiger partial charge on any atom is 0.222 e. The van der Waals surface area contributed by atoms with Crippen LogP contribution in [-0.4, -0.2) is 59.5 Å². The van der Waals surface area contributed by atoms with Crippen LogP contribution in [0.2, 0.25) is 0 Å². The third-order valence-electron chi connectivity index (χ3n) is 6.79. The van der Waals surface area contributed by atoms with Gasteiger partial charge < -0.3 is 25.8 Å². The lowest BCUT2D eigenvalue weighted by molar-refractivity contribution is 0.300. The summed E-state index contributed by atoms with van der Waals surface area (Å²) in [5.74, 6) is 2.20. The Hall–Kier alpha value is -3.58. The Morgan fingerprint density at radius 1 is 0.971 bits per heavy atom. The van der Waals surface area contributed by atoms with E-state index in [1.54, 1.807) is 0 Å². The maximum absolute atomic E-state index is 6.12. The first-order valence-electron chi connectivity index (χ1n) is 12.0.